The number of nitrogens with one attached hydrogen (secondary N) is 1. The first-order valence-corrected chi connectivity index (χ1v) is 11.5. The van der Waals surface area contributed by atoms with Gasteiger partial charge in [-0.05, 0) is 43.0 Å². The number of fused-ring (bicyclic) bond motifs is 2. The number of carbonyl (C=O) groups excluding carboxylic acids is 2. The molecule has 2 amide bonds. The van der Waals surface area contributed by atoms with Gasteiger partial charge in [0.2, 0.25) is 5.91 Å². The molecule has 0 saturated carbocycles. The summed E-state index contributed by atoms with van der Waals surface area (Å²) in [5.41, 5.74) is 3.55. The van der Waals surface area contributed by atoms with E-state index in [9.17, 15) is 9.59 Å². The van der Waals surface area contributed by atoms with Gasteiger partial charge in [0, 0.05) is 25.8 Å². The Kier molecular flexibility index (Phi) is 6.79. The molecule has 2 heterocycles. The number of aromatic nitrogens is 2. The van der Waals surface area contributed by atoms with Crippen molar-refractivity contribution in [2.24, 2.45) is 5.92 Å². The summed E-state index contributed by atoms with van der Waals surface area (Å²) in [6, 6.07) is 14.7. The molecule has 0 unspecified atom stereocenters. The van der Waals surface area contributed by atoms with E-state index < -0.39 is 6.04 Å². The zero-order valence-corrected chi connectivity index (χ0v) is 19.7. The maximum absolute atomic E-state index is 13.5. The zero-order chi connectivity index (χ0) is 23.5. The lowest BCUT2D eigenvalue weighted by Gasteiger charge is -2.29. The molecule has 0 radical (unpaired) electrons. The van der Waals surface area contributed by atoms with E-state index in [0.29, 0.717) is 31.7 Å². The highest BCUT2D eigenvalue weighted by molar-refractivity contribution is 6.01. The minimum absolute atomic E-state index is 0.0774. The molecule has 2 atom stereocenters. The van der Waals surface area contributed by atoms with Gasteiger partial charge in [0.25, 0.3) is 5.91 Å². The van der Waals surface area contributed by atoms with Crippen LogP contribution in [0, 0.1) is 5.92 Å². The molecule has 1 aliphatic heterocycles. The third kappa shape index (κ3) is 4.64. The topological polar surface area (TPSA) is 76.5 Å². The predicted octanol–water partition coefficient (Wildman–Crippen LogP) is 3.93. The average Bonchev–Trinajstić information content (AvgIpc) is 3.34. The monoisotopic (exact) mass is 448 g/mol. The first kappa shape index (κ1) is 23.0. The van der Waals surface area contributed by atoms with Crippen molar-refractivity contribution in [2.75, 3.05) is 13.7 Å². The lowest BCUT2D eigenvalue weighted by molar-refractivity contribution is -0.127. The first-order chi connectivity index (χ1) is 15.9. The number of rotatable bonds is 9. The minimum atomic E-state index is -0.538. The fraction of sp³-hybridized carbons (Fsp3) is 0.423. The Morgan fingerprint density at radius 3 is 2.58 bits per heavy atom. The summed E-state index contributed by atoms with van der Waals surface area (Å²) in [6.45, 7) is 7.73. The summed E-state index contributed by atoms with van der Waals surface area (Å²) in [5, 5.41) is 3.15. The second kappa shape index (κ2) is 9.75. The largest absolute Gasteiger partial charge is 0.383 e. The maximum atomic E-state index is 13.5. The summed E-state index contributed by atoms with van der Waals surface area (Å²) in [4.78, 5) is 33.1. The van der Waals surface area contributed by atoms with Gasteiger partial charge in [-0.2, -0.15) is 0 Å². The van der Waals surface area contributed by atoms with Crippen LogP contribution in [-0.4, -0.2) is 46.0 Å². The molecule has 0 fully saturated rings. The van der Waals surface area contributed by atoms with E-state index in [0.717, 1.165) is 22.4 Å². The number of para-hydroxylation sites is 2. The van der Waals surface area contributed by atoms with Crippen LogP contribution in [0.2, 0.25) is 0 Å². The molecule has 4 rings (SSSR count). The molecular formula is C26H32N4O3. The van der Waals surface area contributed by atoms with Crippen LogP contribution in [0.5, 0.6) is 0 Å². The molecule has 1 N–H and O–H groups in total. The number of ether oxygens (including phenoxy) is 1. The molecule has 0 spiro atoms. The number of carbonyl (C=O) groups is 2. The smallest absolute Gasteiger partial charge is 0.255 e. The van der Waals surface area contributed by atoms with Gasteiger partial charge >= 0.3 is 0 Å². The number of imidazole rings is 1. The van der Waals surface area contributed by atoms with E-state index in [1.165, 1.54) is 0 Å². The Hall–Kier alpha value is -3.19. The summed E-state index contributed by atoms with van der Waals surface area (Å²) in [6.07, 6.45) is 0.596. The van der Waals surface area contributed by atoms with Crippen molar-refractivity contribution in [1.29, 1.82) is 0 Å². The van der Waals surface area contributed by atoms with Gasteiger partial charge in [-0.1, -0.05) is 44.2 Å². The molecule has 0 bridgehead atoms. The minimum Gasteiger partial charge on any atom is -0.383 e. The third-order valence-electron chi connectivity index (χ3n) is 6.17. The molecule has 0 saturated heterocycles. The first-order valence-electron chi connectivity index (χ1n) is 11.5. The summed E-state index contributed by atoms with van der Waals surface area (Å²) >= 11 is 0. The molecule has 0 aliphatic carbocycles. The Morgan fingerprint density at radius 1 is 1.12 bits per heavy atom. The second-order valence-corrected chi connectivity index (χ2v) is 9.07. The van der Waals surface area contributed by atoms with Crippen molar-refractivity contribution in [1.82, 2.24) is 19.8 Å². The third-order valence-corrected chi connectivity index (χ3v) is 6.17. The van der Waals surface area contributed by atoms with Crippen LogP contribution in [0.4, 0.5) is 0 Å². The van der Waals surface area contributed by atoms with Crippen LogP contribution in [0.1, 0.15) is 55.0 Å². The van der Waals surface area contributed by atoms with Crippen LogP contribution >= 0.6 is 0 Å². The lowest BCUT2D eigenvalue weighted by Crippen LogP contribution is -2.48. The Balaban J connectivity index is 1.58. The van der Waals surface area contributed by atoms with Crippen molar-refractivity contribution < 1.29 is 14.3 Å². The molecule has 2 aromatic carbocycles. The van der Waals surface area contributed by atoms with Crippen molar-refractivity contribution in [2.45, 2.75) is 52.4 Å². The fourth-order valence-corrected chi connectivity index (χ4v) is 4.57. The van der Waals surface area contributed by atoms with Crippen LogP contribution in [0.25, 0.3) is 11.0 Å². The molecule has 7 nitrogen and oxygen atoms in total. The standard InChI is InChI=1S/C26H32N4O3/c1-17(2)15-23(30-16-19-9-5-6-10-20(19)26(30)32)25(31)27-18(3)24-28-21-11-7-8-12-22(21)29(24)13-14-33-4/h5-12,17-18,23H,13-16H2,1-4H3,(H,27,31)/t18-,23-/m0/s1. The van der Waals surface area contributed by atoms with Gasteiger partial charge in [-0.15, -0.1) is 0 Å². The van der Waals surface area contributed by atoms with Crippen LogP contribution in [0.15, 0.2) is 48.5 Å². The number of amides is 2. The van der Waals surface area contributed by atoms with Gasteiger partial charge in [-0.3, -0.25) is 9.59 Å². The van der Waals surface area contributed by atoms with Crippen LogP contribution < -0.4 is 5.32 Å². The zero-order valence-electron chi connectivity index (χ0n) is 19.7. The van der Waals surface area contributed by atoms with E-state index >= 15 is 0 Å². The predicted molar refractivity (Wildman–Crippen MR) is 128 cm³/mol. The molecule has 3 aromatic rings. The highest BCUT2D eigenvalue weighted by Gasteiger charge is 2.37. The number of nitrogens with zero attached hydrogens (tertiary/aromatic N) is 3. The highest BCUT2D eigenvalue weighted by Crippen LogP contribution is 2.28. The van der Waals surface area contributed by atoms with Crippen molar-refractivity contribution >= 4 is 22.8 Å². The fourth-order valence-electron chi connectivity index (χ4n) is 4.57. The summed E-state index contributed by atoms with van der Waals surface area (Å²) in [5.74, 6) is 0.814. The number of hydrogen-bond acceptors (Lipinski definition) is 4. The van der Waals surface area contributed by atoms with Crippen LogP contribution in [0.3, 0.4) is 0 Å². The van der Waals surface area contributed by atoms with Gasteiger partial charge < -0.3 is 19.5 Å². The Morgan fingerprint density at radius 2 is 1.85 bits per heavy atom. The van der Waals surface area contributed by atoms with Crippen molar-refractivity contribution in [3.8, 4) is 0 Å². The van der Waals surface area contributed by atoms with E-state index in [1.54, 1.807) is 12.0 Å². The number of hydrogen-bond donors (Lipinski definition) is 1. The molecule has 1 aromatic heterocycles. The summed E-state index contributed by atoms with van der Waals surface area (Å²) < 4.78 is 7.39. The molecule has 7 heteroatoms. The molecule has 1 aliphatic rings. The Bertz CT molecular complexity index is 1150. The van der Waals surface area contributed by atoms with Gasteiger partial charge in [0.05, 0.1) is 23.7 Å². The molecule has 174 valence electrons. The number of benzene rings is 2. The Labute approximate surface area is 194 Å². The van der Waals surface area contributed by atoms with Crippen molar-refractivity contribution in [3.63, 3.8) is 0 Å². The van der Waals surface area contributed by atoms with E-state index in [2.05, 4.69) is 23.7 Å². The maximum Gasteiger partial charge on any atom is 0.255 e. The normalized spacial score (nSPS) is 15.2. The number of methoxy groups -OCH3 is 1. The lowest BCUT2D eigenvalue weighted by atomic mass is 10.0. The van der Waals surface area contributed by atoms with Crippen molar-refractivity contribution in [3.05, 3.63) is 65.5 Å². The van der Waals surface area contributed by atoms with Gasteiger partial charge in [0.15, 0.2) is 0 Å². The average molecular weight is 449 g/mol. The van der Waals surface area contributed by atoms with Gasteiger partial charge in [0.1, 0.15) is 11.9 Å². The van der Waals surface area contributed by atoms with Gasteiger partial charge in [-0.25, -0.2) is 4.98 Å². The van der Waals surface area contributed by atoms with E-state index in [1.807, 2.05) is 55.5 Å². The summed E-state index contributed by atoms with van der Waals surface area (Å²) in [7, 11) is 1.67. The van der Waals surface area contributed by atoms with E-state index in [-0.39, 0.29) is 23.8 Å². The SMILES string of the molecule is COCCn1c([C@H](C)NC(=O)[C@H](CC(C)C)N2Cc3ccccc3C2=O)nc2ccccc21. The van der Waals surface area contributed by atoms with E-state index in [4.69, 9.17) is 9.72 Å². The second-order valence-electron chi connectivity index (χ2n) is 9.07. The molecular weight excluding hydrogens is 416 g/mol. The highest BCUT2D eigenvalue weighted by atomic mass is 16.5. The molecule has 33 heavy (non-hydrogen) atoms. The quantitative estimate of drug-likeness (QED) is 0.538. The van der Waals surface area contributed by atoms with Crippen LogP contribution in [-0.2, 0) is 22.6 Å².